The molecule has 0 fully saturated rings. The molecule has 158 valence electrons. The number of hydrogen-bond donors (Lipinski definition) is 3. The standard InChI is InChI=1S/C14H25N3O8.C2H6/c1-14(2,13(21)22)25-12(20)9-17(3-5-23-10(18)7-15)4-6-24-11(19)8-16;1-2/h3-9,15-16H2,1-2H3,(H,21,22);1-2H3. The van der Waals surface area contributed by atoms with Gasteiger partial charge in [-0.25, -0.2) is 4.79 Å². The molecule has 27 heavy (non-hydrogen) atoms. The Balaban J connectivity index is 0. The van der Waals surface area contributed by atoms with E-state index in [0.29, 0.717) is 0 Å². The van der Waals surface area contributed by atoms with Crippen molar-refractivity contribution in [2.45, 2.75) is 33.3 Å². The molecule has 0 radical (unpaired) electrons. The second-order valence-electron chi connectivity index (χ2n) is 5.41. The molecule has 0 aliphatic heterocycles. The first-order valence-electron chi connectivity index (χ1n) is 8.51. The summed E-state index contributed by atoms with van der Waals surface area (Å²) < 4.78 is 14.5. The van der Waals surface area contributed by atoms with Crippen LogP contribution in [0.2, 0.25) is 0 Å². The summed E-state index contributed by atoms with van der Waals surface area (Å²) in [6.07, 6.45) is 0. The number of aliphatic carboxylic acids is 1. The predicted molar refractivity (Wildman–Crippen MR) is 95.6 cm³/mol. The van der Waals surface area contributed by atoms with Crippen LogP contribution in [-0.4, -0.2) is 85.4 Å². The molecule has 0 amide bonds. The van der Waals surface area contributed by atoms with Crippen molar-refractivity contribution in [1.29, 1.82) is 0 Å². The van der Waals surface area contributed by atoms with E-state index >= 15 is 0 Å². The molecule has 0 saturated carbocycles. The average molecular weight is 393 g/mol. The lowest BCUT2D eigenvalue weighted by atomic mass is 10.1. The molecule has 0 aliphatic carbocycles. The third-order valence-electron chi connectivity index (χ3n) is 2.91. The second-order valence-corrected chi connectivity index (χ2v) is 5.41. The van der Waals surface area contributed by atoms with Gasteiger partial charge in [-0.2, -0.15) is 0 Å². The summed E-state index contributed by atoms with van der Waals surface area (Å²) in [5.41, 5.74) is 8.54. The van der Waals surface area contributed by atoms with E-state index in [1.807, 2.05) is 13.8 Å². The van der Waals surface area contributed by atoms with Crippen molar-refractivity contribution in [2.75, 3.05) is 45.9 Å². The minimum Gasteiger partial charge on any atom is -0.478 e. The van der Waals surface area contributed by atoms with E-state index in [0.717, 1.165) is 0 Å². The number of nitrogens with two attached hydrogens (primary N) is 2. The minimum absolute atomic E-state index is 0.0452. The third-order valence-corrected chi connectivity index (χ3v) is 2.91. The molecule has 0 saturated heterocycles. The number of carboxylic acids is 1. The maximum atomic E-state index is 11.9. The highest BCUT2D eigenvalue weighted by molar-refractivity contribution is 5.81. The number of rotatable bonds is 12. The van der Waals surface area contributed by atoms with Gasteiger partial charge in [-0.05, 0) is 13.8 Å². The summed E-state index contributed by atoms with van der Waals surface area (Å²) in [6, 6.07) is 0. The fourth-order valence-electron chi connectivity index (χ4n) is 1.51. The van der Waals surface area contributed by atoms with Crippen molar-refractivity contribution in [1.82, 2.24) is 4.90 Å². The van der Waals surface area contributed by atoms with Crippen LogP contribution in [0.4, 0.5) is 0 Å². The van der Waals surface area contributed by atoms with E-state index in [9.17, 15) is 19.2 Å². The van der Waals surface area contributed by atoms with Crippen LogP contribution in [0.15, 0.2) is 0 Å². The Hall–Kier alpha value is -2.24. The van der Waals surface area contributed by atoms with E-state index < -0.39 is 29.5 Å². The maximum absolute atomic E-state index is 11.9. The zero-order chi connectivity index (χ0) is 21.5. The van der Waals surface area contributed by atoms with Crippen LogP contribution >= 0.6 is 0 Å². The first kappa shape index (κ1) is 27.0. The van der Waals surface area contributed by atoms with Crippen LogP contribution in [0.3, 0.4) is 0 Å². The quantitative estimate of drug-likeness (QED) is 0.266. The third kappa shape index (κ3) is 13.6. The van der Waals surface area contributed by atoms with Crippen molar-refractivity contribution < 1.29 is 38.5 Å². The van der Waals surface area contributed by atoms with E-state index in [1.165, 1.54) is 18.7 Å². The van der Waals surface area contributed by atoms with Crippen LogP contribution in [0, 0.1) is 0 Å². The van der Waals surface area contributed by atoms with Gasteiger partial charge in [-0.1, -0.05) is 13.8 Å². The Kier molecular flexibility index (Phi) is 14.9. The van der Waals surface area contributed by atoms with Crippen molar-refractivity contribution in [3.63, 3.8) is 0 Å². The predicted octanol–water partition coefficient (Wildman–Crippen LogP) is -1.28. The fraction of sp³-hybridized carbons (Fsp3) is 0.750. The van der Waals surface area contributed by atoms with Crippen LogP contribution in [0.1, 0.15) is 27.7 Å². The Morgan fingerprint density at radius 1 is 0.889 bits per heavy atom. The molecule has 0 aliphatic rings. The number of carbonyl (C=O) groups excluding carboxylic acids is 3. The number of esters is 3. The SMILES string of the molecule is CC.CC(C)(OC(=O)CN(CCOC(=O)CN)CCOC(=O)CN)C(=O)O. The normalized spacial score (nSPS) is 10.5. The average Bonchev–Trinajstić information content (AvgIpc) is 2.62. The number of carboxylic acid groups (broad SMARTS) is 1. The van der Waals surface area contributed by atoms with Gasteiger partial charge < -0.3 is 30.8 Å². The van der Waals surface area contributed by atoms with E-state index in [4.69, 9.17) is 30.8 Å². The molecule has 0 unspecified atom stereocenters. The molecule has 0 aromatic carbocycles. The van der Waals surface area contributed by atoms with Gasteiger partial charge in [-0.3, -0.25) is 19.3 Å². The minimum atomic E-state index is -1.68. The van der Waals surface area contributed by atoms with Crippen molar-refractivity contribution in [3.05, 3.63) is 0 Å². The number of ether oxygens (including phenoxy) is 3. The Morgan fingerprint density at radius 2 is 1.30 bits per heavy atom. The summed E-state index contributed by atoms with van der Waals surface area (Å²) in [5, 5.41) is 8.95. The first-order valence-corrected chi connectivity index (χ1v) is 8.51. The molecule has 0 heterocycles. The monoisotopic (exact) mass is 393 g/mol. The highest BCUT2D eigenvalue weighted by atomic mass is 16.6. The van der Waals surface area contributed by atoms with Gasteiger partial charge in [0.25, 0.3) is 0 Å². The Bertz CT molecular complexity index is 460. The van der Waals surface area contributed by atoms with Crippen LogP contribution < -0.4 is 11.5 Å². The maximum Gasteiger partial charge on any atom is 0.347 e. The van der Waals surface area contributed by atoms with Gasteiger partial charge >= 0.3 is 23.9 Å². The molecule has 5 N–H and O–H groups in total. The lowest BCUT2D eigenvalue weighted by Gasteiger charge is -2.24. The topological polar surface area (TPSA) is 171 Å². The smallest absolute Gasteiger partial charge is 0.347 e. The molecular formula is C16H31N3O8. The molecular weight excluding hydrogens is 362 g/mol. The van der Waals surface area contributed by atoms with Gasteiger partial charge in [0.2, 0.25) is 5.60 Å². The van der Waals surface area contributed by atoms with E-state index in [1.54, 1.807) is 0 Å². The van der Waals surface area contributed by atoms with E-state index in [-0.39, 0.29) is 45.9 Å². The van der Waals surface area contributed by atoms with Gasteiger partial charge in [0, 0.05) is 13.1 Å². The largest absolute Gasteiger partial charge is 0.478 e. The van der Waals surface area contributed by atoms with E-state index in [2.05, 4.69) is 0 Å². The Labute approximate surface area is 158 Å². The summed E-state index contributed by atoms with van der Waals surface area (Å²) >= 11 is 0. The van der Waals surface area contributed by atoms with Gasteiger partial charge in [0.15, 0.2) is 0 Å². The lowest BCUT2D eigenvalue weighted by molar-refractivity contribution is -0.175. The summed E-state index contributed by atoms with van der Waals surface area (Å²) in [7, 11) is 0. The van der Waals surface area contributed by atoms with Crippen LogP contribution in [-0.2, 0) is 33.4 Å². The molecule has 0 aromatic rings. The van der Waals surface area contributed by atoms with Gasteiger partial charge in [-0.15, -0.1) is 0 Å². The highest BCUT2D eigenvalue weighted by Crippen LogP contribution is 2.09. The zero-order valence-electron chi connectivity index (χ0n) is 16.4. The summed E-state index contributed by atoms with van der Waals surface area (Å²) in [4.78, 5) is 46.4. The molecule has 0 bridgehead atoms. The highest BCUT2D eigenvalue weighted by Gasteiger charge is 2.32. The summed E-state index contributed by atoms with van der Waals surface area (Å²) in [5.74, 6) is -3.29. The molecule has 0 aromatic heterocycles. The molecule has 0 spiro atoms. The van der Waals surface area contributed by atoms with Gasteiger partial charge in [0.1, 0.15) is 13.2 Å². The molecule has 11 nitrogen and oxygen atoms in total. The van der Waals surface area contributed by atoms with Gasteiger partial charge in [0.05, 0.1) is 19.6 Å². The van der Waals surface area contributed by atoms with Crippen molar-refractivity contribution in [2.24, 2.45) is 11.5 Å². The Morgan fingerprint density at radius 3 is 1.63 bits per heavy atom. The zero-order valence-corrected chi connectivity index (χ0v) is 16.4. The first-order chi connectivity index (χ1) is 12.6. The molecule has 0 rings (SSSR count). The second kappa shape index (κ2) is 14.9. The molecule has 0 atom stereocenters. The number of hydrogen-bond acceptors (Lipinski definition) is 10. The number of carbonyl (C=O) groups is 4. The number of nitrogens with zero attached hydrogens (tertiary/aromatic N) is 1. The summed E-state index contributed by atoms with van der Waals surface area (Å²) in [6.45, 7) is 5.83. The molecule has 11 heteroatoms. The lowest BCUT2D eigenvalue weighted by Crippen LogP contribution is -2.42. The van der Waals surface area contributed by atoms with Crippen LogP contribution in [0.5, 0.6) is 0 Å². The van der Waals surface area contributed by atoms with Crippen LogP contribution in [0.25, 0.3) is 0 Å². The van der Waals surface area contributed by atoms with Crippen molar-refractivity contribution in [3.8, 4) is 0 Å². The van der Waals surface area contributed by atoms with Crippen molar-refractivity contribution >= 4 is 23.9 Å². The fourth-order valence-corrected chi connectivity index (χ4v) is 1.51.